The first kappa shape index (κ1) is 11.0. The Morgan fingerprint density at radius 2 is 2.17 bits per heavy atom. The molecule has 1 fully saturated rings. The summed E-state index contributed by atoms with van der Waals surface area (Å²) in [5, 5.41) is 0. The van der Waals surface area contributed by atoms with Gasteiger partial charge in [-0.1, -0.05) is 0 Å². The van der Waals surface area contributed by atoms with Crippen LogP contribution in [-0.2, 0) is 4.79 Å². The Balaban J connectivity index is 2.19. The summed E-state index contributed by atoms with van der Waals surface area (Å²) in [6, 6.07) is 3.50. The quantitative estimate of drug-likeness (QED) is 0.803. The minimum Gasteiger partial charge on any atom is -0.369 e. The lowest BCUT2D eigenvalue weighted by molar-refractivity contribution is -0.129. The highest BCUT2D eigenvalue weighted by atomic mass is 16.2. The second-order valence-electron chi connectivity index (χ2n) is 4.70. The average molecular weight is 245 g/mol. The Kier molecular flexibility index (Phi) is 2.26. The highest BCUT2D eigenvalue weighted by molar-refractivity contribution is 5.85. The van der Waals surface area contributed by atoms with Crippen molar-refractivity contribution in [2.45, 2.75) is 19.4 Å². The van der Waals surface area contributed by atoms with Crippen LogP contribution in [0.15, 0.2) is 12.1 Å². The van der Waals surface area contributed by atoms with Gasteiger partial charge in [0.05, 0.1) is 0 Å². The molecule has 2 aromatic heterocycles. The minimum atomic E-state index is -0.269. The number of nitrogens with zero attached hydrogens (tertiary/aromatic N) is 4. The molecule has 0 aliphatic carbocycles. The zero-order chi connectivity index (χ0) is 12.9. The predicted octanol–water partition coefficient (Wildman–Crippen LogP) is 0.725. The van der Waals surface area contributed by atoms with Crippen LogP contribution in [0, 0.1) is 6.92 Å². The number of hydrogen-bond acceptors (Lipinski definition) is 4. The number of likely N-dealkylation sites (N-methyl/N-ethyl adjacent to an activating group) is 1. The first-order chi connectivity index (χ1) is 8.58. The van der Waals surface area contributed by atoms with Gasteiger partial charge in [0, 0.05) is 19.3 Å². The van der Waals surface area contributed by atoms with E-state index in [-0.39, 0.29) is 11.9 Å². The van der Waals surface area contributed by atoms with E-state index in [4.69, 9.17) is 5.73 Å². The maximum atomic E-state index is 12.1. The van der Waals surface area contributed by atoms with E-state index in [1.54, 1.807) is 16.5 Å². The fraction of sp³-hybridized carbons (Fsp3) is 0.417. The van der Waals surface area contributed by atoms with Gasteiger partial charge in [0.1, 0.15) is 11.6 Å². The Bertz CT molecular complexity index is 633. The van der Waals surface area contributed by atoms with Gasteiger partial charge in [-0.25, -0.2) is 9.97 Å². The van der Waals surface area contributed by atoms with Crippen molar-refractivity contribution in [1.82, 2.24) is 19.4 Å². The fourth-order valence-corrected chi connectivity index (χ4v) is 2.44. The van der Waals surface area contributed by atoms with Gasteiger partial charge < -0.3 is 10.6 Å². The maximum absolute atomic E-state index is 12.1. The molecule has 0 saturated carbocycles. The molecule has 1 aliphatic heterocycles. The van der Waals surface area contributed by atoms with Crippen molar-refractivity contribution in [3.8, 4) is 0 Å². The van der Waals surface area contributed by atoms with E-state index in [0.29, 0.717) is 11.6 Å². The number of anilines is 1. The van der Waals surface area contributed by atoms with Crippen molar-refractivity contribution in [3.05, 3.63) is 17.8 Å². The van der Waals surface area contributed by atoms with Crippen LogP contribution < -0.4 is 5.73 Å². The number of hydrogen-bond donors (Lipinski definition) is 1. The number of carbonyl (C=O) groups excluding carboxylic acids is 1. The summed E-state index contributed by atoms with van der Waals surface area (Å²) < 4.78 is 1.76. The van der Waals surface area contributed by atoms with Crippen molar-refractivity contribution in [1.29, 1.82) is 0 Å². The molecule has 6 heteroatoms. The Hall–Kier alpha value is -2.11. The number of amides is 1. The van der Waals surface area contributed by atoms with Crippen molar-refractivity contribution < 1.29 is 4.79 Å². The molecule has 3 heterocycles. The second-order valence-corrected chi connectivity index (χ2v) is 4.70. The Morgan fingerprint density at radius 1 is 1.39 bits per heavy atom. The summed E-state index contributed by atoms with van der Waals surface area (Å²) in [4.78, 5) is 22.5. The van der Waals surface area contributed by atoms with Crippen LogP contribution in [0.25, 0.3) is 11.2 Å². The summed E-state index contributed by atoms with van der Waals surface area (Å²) >= 11 is 0. The lowest BCUT2D eigenvalue weighted by atomic mass is 10.2. The minimum absolute atomic E-state index is 0.0734. The van der Waals surface area contributed by atoms with Gasteiger partial charge in [-0.05, 0) is 25.5 Å². The van der Waals surface area contributed by atoms with Crippen molar-refractivity contribution in [2.24, 2.45) is 0 Å². The third-order valence-electron chi connectivity index (χ3n) is 3.41. The van der Waals surface area contributed by atoms with Crippen LogP contribution in [0.3, 0.4) is 0 Å². The molecular formula is C12H15N5O. The molecule has 0 aromatic carbocycles. The van der Waals surface area contributed by atoms with E-state index in [0.717, 1.165) is 24.2 Å². The SMILES string of the molecule is Cc1ccc2nc(N)n(C3CCN(C)C3=O)c2n1. The number of nitrogens with two attached hydrogens (primary N) is 1. The zero-order valence-electron chi connectivity index (χ0n) is 10.4. The summed E-state index contributed by atoms with van der Waals surface area (Å²) in [6.07, 6.45) is 0.751. The summed E-state index contributed by atoms with van der Waals surface area (Å²) in [6.45, 7) is 2.66. The summed E-state index contributed by atoms with van der Waals surface area (Å²) in [5.74, 6) is 0.432. The molecule has 0 bridgehead atoms. The van der Waals surface area contributed by atoms with Crippen molar-refractivity contribution in [3.63, 3.8) is 0 Å². The lowest BCUT2D eigenvalue weighted by Crippen LogP contribution is -2.25. The maximum Gasteiger partial charge on any atom is 0.245 e. The van der Waals surface area contributed by atoms with Crippen molar-refractivity contribution >= 4 is 23.0 Å². The molecule has 1 amide bonds. The molecule has 94 valence electrons. The smallest absolute Gasteiger partial charge is 0.245 e. The number of pyridine rings is 1. The monoisotopic (exact) mass is 245 g/mol. The van der Waals surface area contributed by atoms with Crippen LogP contribution in [-0.4, -0.2) is 38.9 Å². The third kappa shape index (κ3) is 1.45. The molecule has 6 nitrogen and oxygen atoms in total. The summed E-state index contributed by atoms with van der Waals surface area (Å²) in [7, 11) is 1.80. The van der Waals surface area contributed by atoms with Crippen LogP contribution >= 0.6 is 0 Å². The highest BCUT2D eigenvalue weighted by Crippen LogP contribution is 2.28. The third-order valence-corrected chi connectivity index (χ3v) is 3.41. The molecule has 1 unspecified atom stereocenters. The zero-order valence-corrected chi connectivity index (χ0v) is 10.4. The number of rotatable bonds is 1. The van der Waals surface area contributed by atoms with E-state index in [9.17, 15) is 4.79 Å². The number of aryl methyl sites for hydroxylation is 1. The number of aromatic nitrogens is 3. The van der Waals surface area contributed by atoms with Gasteiger partial charge in [0.2, 0.25) is 11.9 Å². The molecule has 1 atom stereocenters. The molecule has 0 spiro atoms. The average Bonchev–Trinajstić information content (AvgIpc) is 2.81. The normalized spacial score (nSPS) is 20.0. The largest absolute Gasteiger partial charge is 0.369 e. The second kappa shape index (κ2) is 3.69. The standard InChI is InChI=1S/C12H15N5O/c1-7-3-4-8-10(14-7)17(12(13)15-8)9-5-6-16(2)11(9)18/h3-4,9H,5-6H2,1-2H3,(H2,13,15). The van der Waals surface area contributed by atoms with Crippen molar-refractivity contribution in [2.75, 3.05) is 19.3 Å². The van der Waals surface area contributed by atoms with Crippen LogP contribution in [0.4, 0.5) is 5.95 Å². The van der Waals surface area contributed by atoms with Crippen LogP contribution in [0.1, 0.15) is 18.2 Å². The molecule has 18 heavy (non-hydrogen) atoms. The molecule has 0 radical (unpaired) electrons. The predicted molar refractivity (Wildman–Crippen MR) is 68.0 cm³/mol. The van der Waals surface area contributed by atoms with E-state index in [1.807, 2.05) is 19.1 Å². The van der Waals surface area contributed by atoms with Gasteiger partial charge in [-0.2, -0.15) is 0 Å². The number of imidazole rings is 1. The molecule has 1 aliphatic rings. The van der Waals surface area contributed by atoms with Gasteiger partial charge in [-0.15, -0.1) is 0 Å². The van der Waals surface area contributed by atoms with Crippen LogP contribution in [0.5, 0.6) is 0 Å². The summed E-state index contributed by atoms with van der Waals surface area (Å²) in [5.41, 5.74) is 8.26. The van der Waals surface area contributed by atoms with Gasteiger partial charge >= 0.3 is 0 Å². The lowest BCUT2D eigenvalue weighted by Gasteiger charge is -2.13. The van der Waals surface area contributed by atoms with Gasteiger partial charge in [0.15, 0.2) is 5.65 Å². The first-order valence-electron chi connectivity index (χ1n) is 5.94. The number of carbonyl (C=O) groups is 1. The molecule has 2 N–H and O–H groups in total. The van der Waals surface area contributed by atoms with Gasteiger partial charge in [0.25, 0.3) is 0 Å². The van der Waals surface area contributed by atoms with Crippen LogP contribution in [0.2, 0.25) is 0 Å². The Labute approximate surface area is 104 Å². The number of likely N-dealkylation sites (tertiary alicyclic amines) is 1. The van der Waals surface area contributed by atoms with E-state index in [1.165, 1.54) is 0 Å². The molecular weight excluding hydrogens is 230 g/mol. The first-order valence-corrected chi connectivity index (χ1v) is 5.94. The topological polar surface area (TPSA) is 77.0 Å². The highest BCUT2D eigenvalue weighted by Gasteiger charge is 2.33. The fourth-order valence-electron chi connectivity index (χ4n) is 2.44. The molecule has 3 rings (SSSR count). The number of fused-ring (bicyclic) bond motifs is 1. The molecule has 1 saturated heterocycles. The van der Waals surface area contributed by atoms with E-state index < -0.39 is 0 Å². The molecule has 2 aromatic rings. The number of nitrogen functional groups attached to an aromatic ring is 1. The van der Waals surface area contributed by atoms with Gasteiger partial charge in [-0.3, -0.25) is 9.36 Å². The van der Waals surface area contributed by atoms with E-state index >= 15 is 0 Å². The van der Waals surface area contributed by atoms with E-state index in [2.05, 4.69) is 9.97 Å². The Morgan fingerprint density at radius 3 is 2.83 bits per heavy atom.